The molecule has 1 saturated heterocycles. The zero-order valence-corrected chi connectivity index (χ0v) is 19.4. The van der Waals surface area contributed by atoms with E-state index in [4.69, 9.17) is 4.74 Å². The maximum absolute atomic E-state index is 12.9. The van der Waals surface area contributed by atoms with Crippen LogP contribution in [0.15, 0.2) is 42.0 Å². The van der Waals surface area contributed by atoms with E-state index >= 15 is 0 Å². The van der Waals surface area contributed by atoms with Gasteiger partial charge in [-0.15, -0.1) is 0 Å². The summed E-state index contributed by atoms with van der Waals surface area (Å²) >= 11 is 4.26. The zero-order chi connectivity index (χ0) is 20.4. The summed E-state index contributed by atoms with van der Waals surface area (Å²) in [6.07, 6.45) is 2.33. The molecule has 0 radical (unpaired) electrons. The highest BCUT2D eigenvalue weighted by Crippen LogP contribution is 2.30. The number of imide groups is 2. The second kappa shape index (κ2) is 8.60. The molecule has 2 aromatic rings. The number of hydrogen-bond donors (Lipinski definition) is 1. The van der Waals surface area contributed by atoms with E-state index in [0.717, 1.165) is 29.8 Å². The number of aryl methyl sites for hydroxylation is 1. The minimum Gasteiger partial charge on any atom is -0.495 e. The third-order valence-electron chi connectivity index (χ3n) is 4.24. The van der Waals surface area contributed by atoms with Crippen LogP contribution in [0.2, 0.25) is 0 Å². The lowest BCUT2D eigenvalue weighted by atomic mass is 10.1. The number of halogens is 2. The van der Waals surface area contributed by atoms with Gasteiger partial charge in [0.2, 0.25) is 0 Å². The maximum atomic E-state index is 12.9. The third kappa shape index (κ3) is 4.07. The predicted octanol–water partition coefficient (Wildman–Crippen LogP) is 4.13. The van der Waals surface area contributed by atoms with E-state index in [9.17, 15) is 14.4 Å². The number of nitrogens with one attached hydrogen (secondary N) is 1. The summed E-state index contributed by atoms with van der Waals surface area (Å²) in [6.45, 7) is 2.02. The van der Waals surface area contributed by atoms with Crippen molar-refractivity contribution in [1.29, 1.82) is 0 Å². The summed E-state index contributed by atoms with van der Waals surface area (Å²) in [5, 5.41) is 2.24. The normalized spacial score (nSPS) is 15.8. The zero-order valence-electron chi connectivity index (χ0n) is 15.1. The molecule has 0 bridgehead atoms. The number of barbiturate groups is 1. The number of methoxy groups -OCH3 is 1. The minimum atomic E-state index is -0.754. The van der Waals surface area contributed by atoms with E-state index in [1.54, 1.807) is 19.2 Å². The molecule has 8 heteroatoms. The van der Waals surface area contributed by atoms with Crippen LogP contribution in [0, 0.1) is 7.14 Å². The summed E-state index contributed by atoms with van der Waals surface area (Å²) in [5.41, 5.74) is 2.07. The molecule has 3 rings (SSSR count). The van der Waals surface area contributed by atoms with Crippen molar-refractivity contribution in [1.82, 2.24) is 5.32 Å². The molecule has 144 valence electrons. The fourth-order valence-electron chi connectivity index (χ4n) is 2.80. The van der Waals surface area contributed by atoms with Gasteiger partial charge in [0.25, 0.3) is 11.8 Å². The van der Waals surface area contributed by atoms with Gasteiger partial charge >= 0.3 is 6.03 Å². The molecular weight excluding hydrogens is 586 g/mol. The number of nitrogens with zero attached hydrogens (tertiary/aromatic N) is 1. The third-order valence-corrected chi connectivity index (χ3v) is 5.84. The monoisotopic (exact) mass is 602 g/mol. The van der Waals surface area contributed by atoms with Crippen LogP contribution in [0.3, 0.4) is 0 Å². The highest BCUT2D eigenvalue weighted by atomic mass is 127. The Kier molecular flexibility index (Phi) is 6.38. The largest absolute Gasteiger partial charge is 0.495 e. The molecule has 1 aliphatic heterocycles. The molecule has 28 heavy (non-hydrogen) atoms. The van der Waals surface area contributed by atoms with E-state index in [-0.39, 0.29) is 5.57 Å². The first-order chi connectivity index (χ1) is 13.3. The maximum Gasteiger partial charge on any atom is 0.335 e. The minimum absolute atomic E-state index is 0.101. The van der Waals surface area contributed by atoms with Crippen molar-refractivity contribution in [3.05, 3.63) is 60.2 Å². The summed E-state index contributed by atoms with van der Waals surface area (Å²) in [4.78, 5) is 38.5. The average Bonchev–Trinajstić information content (AvgIpc) is 2.65. The molecule has 0 unspecified atom stereocenters. The number of anilines is 1. The molecule has 0 saturated carbocycles. The summed E-state index contributed by atoms with van der Waals surface area (Å²) in [5.74, 6) is -0.633. The fraction of sp³-hybridized carbons (Fsp3) is 0.150. The van der Waals surface area contributed by atoms with Crippen molar-refractivity contribution >= 4 is 74.8 Å². The van der Waals surface area contributed by atoms with Gasteiger partial charge in [-0.3, -0.25) is 14.9 Å². The van der Waals surface area contributed by atoms with Crippen LogP contribution in [0.1, 0.15) is 18.1 Å². The highest BCUT2D eigenvalue weighted by molar-refractivity contribution is 14.1. The molecule has 1 fully saturated rings. The first kappa shape index (κ1) is 20.8. The van der Waals surface area contributed by atoms with Crippen LogP contribution in [-0.4, -0.2) is 25.0 Å². The van der Waals surface area contributed by atoms with E-state index in [2.05, 4.69) is 50.5 Å². The number of carbonyl (C=O) groups is 3. The molecule has 6 nitrogen and oxygen atoms in total. The molecule has 0 aliphatic carbocycles. The molecule has 1 aliphatic rings. The SMILES string of the molecule is CCc1ccc(N2C(=O)NC(=O)/C(=C/c3cc(I)c(OC)c(I)c3)C2=O)cc1. The van der Waals surface area contributed by atoms with Gasteiger partial charge in [-0.05, 0) is 93.1 Å². The number of benzene rings is 2. The molecule has 0 spiro atoms. The Hall–Kier alpha value is -1.95. The summed E-state index contributed by atoms with van der Waals surface area (Å²) in [7, 11) is 1.59. The van der Waals surface area contributed by atoms with Gasteiger partial charge in [0.05, 0.1) is 19.9 Å². The topological polar surface area (TPSA) is 75.7 Å². The van der Waals surface area contributed by atoms with E-state index in [1.165, 1.54) is 6.08 Å². The van der Waals surface area contributed by atoms with Crippen molar-refractivity contribution in [3.63, 3.8) is 0 Å². The van der Waals surface area contributed by atoms with Crippen molar-refractivity contribution in [2.75, 3.05) is 12.0 Å². The lowest BCUT2D eigenvalue weighted by Gasteiger charge is -2.26. The van der Waals surface area contributed by atoms with Crippen LogP contribution in [0.5, 0.6) is 5.75 Å². The molecule has 4 amide bonds. The Morgan fingerprint density at radius 1 is 1.07 bits per heavy atom. The van der Waals surface area contributed by atoms with Crippen LogP contribution in [-0.2, 0) is 16.0 Å². The van der Waals surface area contributed by atoms with Gasteiger partial charge in [0.1, 0.15) is 11.3 Å². The van der Waals surface area contributed by atoms with Crippen molar-refractivity contribution in [2.45, 2.75) is 13.3 Å². The van der Waals surface area contributed by atoms with Crippen LogP contribution in [0.4, 0.5) is 10.5 Å². The van der Waals surface area contributed by atoms with Crippen molar-refractivity contribution < 1.29 is 19.1 Å². The standard InChI is InChI=1S/C20H16I2N2O4/c1-3-11-4-6-13(7-5-11)24-19(26)14(18(25)23-20(24)27)8-12-9-15(21)17(28-2)16(22)10-12/h4-10H,3H2,1-2H3,(H,23,25,27)/b14-8-. The quantitative estimate of drug-likeness (QED) is 0.325. The van der Waals surface area contributed by atoms with Gasteiger partial charge in [0.15, 0.2) is 0 Å². The molecule has 1 heterocycles. The Labute approximate surface area is 189 Å². The van der Waals surface area contributed by atoms with Crippen molar-refractivity contribution in [2.24, 2.45) is 0 Å². The number of ether oxygens (including phenoxy) is 1. The Bertz CT molecular complexity index is 977. The lowest BCUT2D eigenvalue weighted by molar-refractivity contribution is -0.122. The number of urea groups is 1. The molecule has 1 N–H and O–H groups in total. The molecule has 0 atom stereocenters. The molecular formula is C20H16I2N2O4. The van der Waals surface area contributed by atoms with Crippen molar-refractivity contribution in [3.8, 4) is 5.75 Å². The predicted molar refractivity (Wildman–Crippen MR) is 123 cm³/mol. The Morgan fingerprint density at radius 3 is 2.21 bits per heavy atom. The smallest absolute Gasteiger partial charge is 0.335 e. The fourth-order valence-corrected chi connectivity index (χ4v) is 5.05. The number of amides is 4. The van der Waals surface area contributed by atoms with Gasteiger partial charge in [0, 0.05) is 0 Å². The molecule has 2 aromatic carbocycles. The van der Waals surface area contributed by atoms with Crippen LogP contribution < -0.4 is 15.0 Å². The number of hydrogen-bond acceptors (Lipinski definition) is 4. The van der Waals surface area contributed by atoms with Crippen LogP contribution in [0.25, 0.3) is 6.08 Å². The number of carbonyl (C=O) groups excluding carboxylic acids is 3. The summed E-state index contributed by atoms with van der Waals surface area (Å²) in [6, 6.07) is 9.97. The van der Waals surface area contributed by atoms with E-state index < -0.39 is 17.8 Å². The number of rotatable bonds is 4. The highest BCUT2D eigenvalue weighted by Gasteiger charge is 2.36. The van der Waals surface area contributed by atoms with Gasteiger partial charge in [-0.25, -0.2) is 9.69 Å². The molecule has 0 aromatic heterocycles. The Morgan fingerprint density at radius 2 is 1.68 bits per heavy atom. The second-order valence-electron chi connectivity index (χ2n) is 6.00. The van der Waals surface area contributed by atoms with Crippen LogP contribution >= 0.6 is 45.2 Å². The first-order valence-electron chi connectivity index (χ1n) is 8.39. The lowest BCUT2D eigenvalue weighted by Crippen LogP contribution is -2.54. The van der Waals surface area contributed by atoms with Gasteiger partial charge in [-0.1, -0.05) is 19.1 Å². The van der Waals surface area contributed by atoms with E-state index in [1.807, 2.05) is 31.2 Å². The average molecular weight is 602 g/mol. The second-order valence-corrected chi connectivity index (χ2v) is 8.32. The van der Waals surface area contributed by atoms with E-state index in [0.29, 0.717) is 11.3 Å². The summed E-state index contributed by atoms with van der Waals surface area (Å²) < 4.78 is 7.04. The van der Waals surface area contributed by atoms with Gasteiger partial charge < -0.3 is 4.74 Å². The van der Waals surface area contributed by atoms with Gasteiger partial charge in [-0.2, -0.15) is 0 Å². The Balaban J connectivity index is 2.01. The first-order valence-corrected chi connectivity index (χ1v) is 10.5.